The minimum absolute atomic E-state index is 0.00822. The fourth-order valence-corrected chi connectivity index (χ4v) is 4.91. The minimum atomic E-state index is -0.463. The second-order valence-corrected chi connectivity index (χ2v) is 7.47. The Labute approximate surface area is 150 Å². The van der Waals surface area contributed by atoms with Crippen molar-refractivity contribution >= 4 is 0 Å². The summed E-state index contributed by atoms with van der Waals surface area (Å²) in [5.74, 6) is 3.13. The zero-order chi connectivity index (χ0) is 17.4. The van der Waals surface area contributed by atoms with Crippen molar-refractivity contribution in [2.24, 2.45) is 0 Å². The number of aliphatic hydroxyl groups excluding tert-OH is 1. The highest BCUT2D eigenvalue weighted by Crippen LogP contribution is 2.53. The minimum Gasteiger partial charge on any atom is -0.454 e. The molecule has 4 aliphatic rings. The van der Waals surface area contributed by atoms with E-state index in [0.29, 0.717) is 6.42 Å². The lowest BCUT2D eigenvalue weighted by Gasteiger charge is -2.46. The van der Waals surface area contributed by atoms with Crippen LogP contribution >= 0.6 is 0 Å². The van der Waals surface area contributed by atoms with Crippen LogP contribution in [0.25, 0.3) is 0 Å². The largest absolute Gasteiger partial charge is 0.454 e. The van der Waals surface area contributed by atoms with E-state index in [-0.39, 0.29) is 25.5 Å². The van der Waals surface area contributed by atoms with Gasteiger partial charge in [-0.1, -0.05) is 0 Å². The van der Waals surface area contributed by atoms with Crippen molar-refractivity contribution in [2.75, 3.05) is 20.6 Å². The number of hydrogen-bond donors (Lipinski definition) is 1. The quantitative estimate of drug-likeness (QED) is 0.784. The highest BCUT2D eigenvalue weighted by Gasteiger charge is 2.44. The molecule has 0 amide bonds. The van der Waals surface area contributed by atoms with E-state index >= 15 is 0 Å². The Morgan fingerprint density at radius 2 is 1.42 bits per heavy atom. The van der Waals surface area contributed by atoms with Crippen LogP contribution in [0.3, 0.4) is 0 Å². The zero-order valence-electron chi connectivity index (χ0n) is 14.4. The Kier molecular flexibility index (Phi) is 2.86. The molecular formula is C20H19NO5. The predicted octanol–water partition coefficient (Wildman–Crippen LogP) is 2.33. The summed E-state index contributed by atoms with van der Waals surface area (Å²) in [5.41, 5.74) is 4.71. The normalized spacial score (nSPS) is 27.7. The molecule has 0 saturated heterocycles. The van der Waals surface area contributed by atoms with Crippen molar-refractivity contribution in [3.8, 4) is 23.0 Å². The summed E-state index contributed by atoms with van der Waals surface area (Å²) in [6.45, 7) is 1.32. The van der Waals surface area contributed by atoms with Gasteiger partial charge in [0.25, 0.3) is 0 Å². The van der Waals surface area contributed by atoms with Crippen LogP contribution in [0.4, 0.5) is 0 Å². The van der Waals surface area contributed by atoms with Gasteiger partial charge < -0.3 is 24.1 Å². The monoisotopic (exact) mass is 353 g/mol. The van der Waals surface area contributed by atoms with Gasteiger partial charge in [-0.2, -0.15) is 0 Å². The van der Waals surface area contributed by atoms with Gasteiger partial charge in [0.2, 0.25) is 13.6 Å². The topological polar surface area (TPSA) is 60.4 Å². The van der Waals surface area contributed by atoms with Crippen molar-refractivity contribution in [3.63, 3.8) is 0 Å². The number of ether oxygens (including phenoxy) is 4. The fraction of sp³-hybridized carbons (Fsp3) is 0.400. The summed E-state index contributed by atoms with van der Waals surface area (Å²) < 4.78 is 22.2. The van der Waals surface area contributed by atoms with Crippen LogP contribution in [0.15, 0.2) is 24.3 Å². The summed E-state index contributed by atoms with van der Waals surface area (Å²) >= 11 is 0. The summed E-state index contributed by atoms with van der Waals surface area (Å²) in [5, 5.41) is 11.0. The van der Waals surface area contributed by atoms with Gasteiger partial charge in [-0.25, -0.2) is 0 Å². The summed E-state index contributed by atoms with van der Waals surface area (Å²) in [6, 6.07) is 8.34. The molecule has 0 saturated carbocycles. The molecule has 134 valence electrons. The van der Waals surface area contributed by atoms with Crippen molar-refractivity contribution in [1.29, 1.82) is 0 Å². The second kappa shape index (κ2) is 5.05. The Hall–Kier alpha value is -2.44. The van der Waals surface area contributed by atoms with Crippen LogP contribution in [-0.2, 0) is 13.0 Å². The van der Waals surface area contributed by atoms with Crippen molar-refractivity contribution in [2.45, 2.75) is 31.0 Å². The molecule has 26 heavy (non-hydrogen) atoms. The number of benzene rings is 2. The van der Waals surface area contributed by atoms with Crippen LogP contribution < -0.4 is 18.9 Å². The molecule has 3 aliphatic heterocycles. The van der Waals surface area contributed by atoms with E-state index in [0.717, 1.165) is 40.7 Å². The third-order valence-electron chi connectivity index (χ3n) is 6.02. The molecule has 6 heteroatoms. The Bertz CT molecular complexity index is 851. The molecule has 0 aromatic heterocycles. The van der Waals surface area contributed by atoms with Crippen LogP contribution in [0.1, 0.15) is 34.2 Å². The third-order valence-corrected chi connectivity index (χ3v) is 6.02. The molecule has 3 atom stereocenters. The summed E-state index contributed by atoms with van der Waals surface area (Å²) in [7, 11) is 2.11. The standard InChI is InChI=1S/C20H19NO5/c1-21-7-11-4-16-17(25-9-24-16)5-12(11)19-14(22)2-10-3-15-18(26-8-23-15)6-13(10)20(19)21/h3-6,14,19-20,22H,2,7-9H2,1H3/t14-,19+,20+/m1/s1. The van der Waals surface area contributed by atoms with Crippen molar-refractivity contribution in [3.05, 3.63) is 46.5 Å². The molecule has 6 rings (SSSR count). The van der Waals surface area contributed by atoms with Gasteiger partial charge in [0.1, 0.15) is 0 Å². The Balaban J connectivity index is 1.52. The maximum absolute atomic E-state index is 11.0. The lowest BCUT2D eigenvalue weighted by atomic mass is 9.70. The van der Waals surface area contributed by atoms with Gasteiger partial charge in [0.15, 0.2) is 23.0 Å². The van der Waals surface area contributed by atoms with Gasteiger partial charge in [-0.05, 0) is 60.0 Å². The average Bonchev–Trinajstić information content (AvgIpc) is 3.26. The molecule has 3 heterocycles. The zero-order valence-corrected chi connectivity index (χ0v) is 14.4. The lowest BCUT2D eigenvalue weighted by Crippen LogP contribution is -2.43. The molecular weight excluding hydrogens is 334 g/mol. The van der Waals surface area contributed by atoms with Crippen molar-refractivity contribution in [1.82, 2.24) is 4.90 Å². The Morgan fingerprint density at radius 3 is 2.12 bits per heavy atom. The first-order valence-corrected chi connectivity index (χ1v) is 8.92. The first kappa shape index (κ1) is 14.7. The van der Waals surface area contributed by atoms with Gasteiger partial charge in [0.05, 0.1) is 6.10 Å². The van der Waals surface area contributed by atoms with Crippen LogP contribution in [0.2, 0.25) is 0 Å². The highest BCUT2D eigenvalue weighted by atomic mass is 16.7. The number of aliphatic hydroxyl groups is 1. The Morgan fingerprint density at radius 1 is 0.846 bits per heavy atom. The molecule has 2 aromatic rings. The lowest BCUT2D eigenvalue weighted by molar-refractivity contribution is 0.0599. The fourth-order valence-electron chi connectivity index (χ4n) is 4.91. The van der Waals surface area contributed by atoms with E-state index in [9.17, 15) is 5.11 Å². The number of hydrogen-bond acceptors (Lipinski definition) is 6. The summed E-state index contributed by atoms with van der Waals surface area (Å²) in [4.78, 5) is 2.30. The van der Waals surface area contributed by atoms with E-state index < -0.39 is 6.10 Å². The van der Waals surface area contributed by atoms with E-state index in [1.165, 1.54) is 11.1 Å². The molecule has 0 radical (unpaired) electrons. The van der Waals surface area contributed by atoms with Gasteiger partial charge in [0, 0.05) is 18.5 Å². The molecule has 0 bridgehead atoms. The maximum Gasteiger partial charge on any atom is 0.231 e. The van der Waals surface area contributed by atoms with Crippen LogP contribution in [0.5, 0.6) is 23.0 Å². The molecule has 0 spiro atoms. The highest BCUT2D eigenvalue weighted by molar-refractivity contribution is 5.56. The average molecular weight is 353 g/mol. The van der Waals surface area contributed by atoms with Gasteiger partial charge in [-0.15, -0.1) is 0 Å². The molecule has 2 aromatic carbocycles. The number of rotatable bonds is 0. The molecule has 1 N–H and O–H groups in total. The number of fused-ring (bicyclic) bond motifs is 7. The predicted molar refractivity (Wildman–Crippen MR) is 91.8 cm³/mol. The second-order valence-electron chi connectivity index (χ2n) is 7.47. The third kappa shape index (κ3) is 1.88. The van der Waals surface area contributed by atoms with E-state index in [4.69, 9.17) is 18.9 Å². The van der Waals surface area contributed by atoms with Crippen LogP contribution in [-0.4, -0.2) is 36.7 Å². The molecule has 0 unspecified atom stereocenters. The smallest absolute Gasteiger partial charge is 0.231 e. The SMILES string of the molecule is CN1Cc2cc3c(cc2[C@H]2[C@H](O)Cc4cc5c(cc4[C@@H]21)OCO5)OCO3. The van der Waals surface area contributed by atoms with Crippen molar-refractivity contribution < 1.29 is 24.1 Å². The van der Waals surface area contributed by atoms with Gasteiger partial charge in [-0.3, -0.25) is 4.90 Å². The van der Waals surface area contributed by atoms with E-state index in [1.54, 1.807) is 0 Å². The maximum atomic E-state index is 11.0. The summed E-state index contributed by atoms with van der Waals surface area (Å²) in [6.07, 6.45) is 0.143. The molecule has 1 aliphatic carbocycles. The van der Waals surface area contributed by atoms with E-state index in [1.807, 2.05) is 6.07 Å². The van der Waals surface area contributed by atoms with Crippen LogP contribution in [0, 0.1) is 0 Å². The van der Waals surface area contributed by atoms with Gasteiger partial charge >= 0.3 is 0 Å². The molecule has 0 fully saturated rings. The first-order chi connectivity index (χ1) is 12.7. The first-order valence-electron chi connectivity index (χ1n) is 8.92. The molecule has 6 nitrogen and oxygen atoms in total. The van der Waals surface area contributed by atoms with E-state index in [2.05, 4.69) is 30.1 Å². The number of nitrogens with zero attached hydrogens (tertiary/aromatic N) is 1. The number of likely N-dealkylation sites (N-methyl/N-ethyl adjacent to an activating group) is 1.